The molecule has 4 rings (SSSR count). The van der Waals surface area contributed by atoms with Gasteiger partial charge in [0.15, 0.2) is 5.78 Å². The van der Waals surface area contributed by atoms with E-state index in [-0.39, 0.29) is 18.1 Å². The van der Waals surface area contributed by atoms with Gasteiger partial charge in [-0.3, -0.25) is 9.59 Å². The molecule has 0 fully saturated rings. The Hall–Kier alpha value is -3.55. The SMILES string of the molecule is O=C(O)C[C@H](CCC(=O)c1ccccc1)CC[P+](c1ccccc1)(c1ccccc1)c1ccccc1. The largest absolute Gasteiger partial charge is 0.481 e. The fourth-order valence-electron chi connectivity index (χ4n) is 4.96. The highest BCUT2D eigenvalue weighted by molar-refractivity contribution is 7.95. The van der Waals surface area contributed by atoms with Crippen molar-refractivity contribution in [3.05, 3.63) is 127 Å². The minimum atomic E-state index is -2.03. The third-order valence-electron chi connectivity index (χ3n) is 6.80. The van der Waals surface area contributed by atoms with Gasteiger partial charge in [0.25, 0.3) is 0 Å². The number of carbonyl (C=O) groups is 2. The highest BCUT2D eigenvalue weighted by Crippen LogP contribution is 2.56. The second kappa shape index (κ2) is 12.4. The third-order valence-corrected chi connectivity index (χ3v) is 11.3. The van der Waals surface area contributed by atoms with Crippen LogP contribution in [0.4, 0.5) is 0 Å². The summed E-state index contributed by atoms with van der Waals surface area (Å²) < 4.78 is 0. The van der Waals surface area contributed by atoms with E-state index in [2.05, 4.69) is 72.8 Å². The van der Waals surface area contributed by atoms with Crippen LogP contribution in [0.5, 0.6) is 0 Å². The molecule has 0 bridgehead atoms. The zero-order valence-corrected chi connectivity index (χ0v) is 21.3. The first-order chi connectivity index (χ1) is 17.6. The van der Waals surface area contributed by atoms with Crippen molar-refractivity contribution in [2.45, 2.75) is 25.7 Å². The topological polar surface area (TPSA) is 54.4 Å². The van der Waals surface area contributed by atoms with Gasteiger partial charge in [0.1, 0.15) is 23.2 Å². The molecule has 3 nitrogen and oxygen atoms in total. The van der Waals surface area contributed by atoms with Crippen LogP contribution in [-0.4, -0.2) is 23.0 Å². The Bertz CT molecular complexity index is 1150. The molecule has 4 aromatic carbocycles. The first-order valence-corrected chi connectivity index (χ1v) is 14.4. The number of carbonyl (C=O) groups excluding carboxylic acids is 1. The summed E-state index contributed by atoms with van der Waals surface area (Å²) in [7, 11) is -2.03. The number of carboxylic acids is 1. The second-order valence-electron chi connectivity index (χ2n) is 9.12. The maximum atomic E-state index is 12.8. The molecule has 0 aliphatic rings. The summed E-state index contributed by atoms with van der Waals surface area (Å²) >= 11 is 0. The van der Waals surface area contributed by atoms with Gasteiger partial charge in [-0.2, -0.15) is 0 Å². The lowest BCUT2D eigenvalue weighted by Gasteiger charge is -2.29. The van der Waals surface area contributed by atoms with Crippen LogP contribution in [0.1, 0.15) is 36.0 Å². The molecule has 0 aromatic heterocycles. The Morgan fingerprint density at radius 3 is 1.44 bits per heavy atom. The Morgan fingerprint density at radius 2 is 1.03 bits per heavy atom. The van der Waals surface area contributed by atoms with Crippen LogP contribution in [0.2, 0.25) is 0 Å². The number of hydrogen-bond donors (Lipinski definition) is 1. The van der Waals surface area contributed by atoms with Crippen molar-refractivity contribution >= 4 is 34.9 Å². The summed E-state index contributed by atoms with van der Waals surface area (Å²) in [6.45, 7) is 0. The van der Waals surface area contributed by atoms with Crippen LogP contribution in [0.15, 0.2) is 121 Å². The Balaban J connectivity index is 1.66. The highest BCUT2D eigenvalue weighted by Gasteiger charge is 2.45. The average Bonchev–Trinajstić information content (AvgIpc) is 2.93. The molecule has 0 spiro atoms. The molecule has 182 valence electrons. The maximum absolute atomic E-state index is 12.8. The number of aliphatic carboxylic acids is 1. The summed E-state index contributed by atoms with van der Waals surface area (Å²) in [5.41, 5.74) is 0.686. The van der Waals surface area contributed by atoms with E-state index in [4.69, 9.17) is 0 Å². The van der Waals surface area contributed by atoms with Gasteiger partial charge in [-0.15, -0.1) is 0 Å². The maximum Gasteiger partial charge on any atom is 0.303 e. The van der Waals surface area contributed by atoms with Crippen LogP contribution in [0.25, 0.3) is 0 Å². The summed E-state index contributed by atoms with van der Waals surface area (Å²) in [5.74, 6) is -0.817. The minimum absolute atomic E-state index is 0.0699. The van der Waals surface area contributed by atoms with Crippen molar-refractivity contribution in [3.63, 3.8) is 0 Å². The molecule has 0 radical (unpaired) electrons. The van der Waals surface area contributed by atoms with E-state index < -0.39 is 13.2 Å². The Kier molecular flexibility index (Phi) is 8.81. The lowest BCUT2D eigenvalue weighted by molar-refractivity contribution is -0.138. The molecule has 1 N–H and O–H groups in total. The van der Waals surface area contributed by atoms with Gasteiger partial charge in [0.05, 0.1) is 6.16 Å². The van der Waals surface area contributed by atoms with Gasteiger partial charge in [0, 0.05) is 18.4 Å². The van der Waals surface area contributed by atoms with E-state index >= 15 is 0 Å². The minimum Gasteiger partial charge on any atom is -0.481 e. The van der Waals surface area contributed by atoms with Gasteiger partial charge in [-0.25, -0.2) is 0 Å². The second-order valence-corrected chi connectivity index (χ2v) is 12.7. The Morgan fingerprint density at radius 1 is 0.611 bits per heavy atom. The average molecular weight is 496 g/mol. The van der Waals surface area contributed by atoms with Crippen molar-refractivity contribution in [2.24, 2.45) is 5.92 Å². The molecule has 0 saturated heterocycles. The first kappa shape index (κ1) is 25.5. The summed E-state index contributed by atoms with van der Waals surface area (Å²) in [6.07, 6.45) is 2.58. The molecule has 0 aliphatic carbocycles. The van der Waals surface area contributed by atoms with Gasteiger partial charge in [0.2, 0.25) is 0 Å². The number of benzene rings is 4. The van der Waals surface area contributed by atoms with Gasteiger partial charge in [-0.1, -0.05) is 84.9 Å². The standard InChI is InChI=1S/C32H31O3P/c33-31(27-13-5-1-6-14-27)22-21-26(25-32(34)35)23-24-36(28-15-7-2-8-16-28,29-17-9-3-10-18-29)30-19-11-4-12-20-30/h1-20,26H,21-25H2/p+1/t26-/m1/s1. The van der Waals surface area contributed by atoms with Gasteiger partial charge in [-0.05, 0) is 55.2 Å². The van der Waals surface area contributed by atoms with E-state index in [0.29, 0.717) is 18.4 Å². The molecular formula is C32H32O3P+. The monoisotopic (exact) mass is 495 g/mol. The smallest absolute Gasteiger partial charge is 0.303 e. The zero-order chi connectivity index (χ0) is 25.2. The lowest BCUT2D eigenvalue weighted by atomic mass is 9.94. The normalized spacial score (nSPS) is 12.1. The van der Waals surface area contributed by atoms with Crippen LogP contribution in [-0.2, 0) is 4.79 Å². The predicted octanol–water partition coefficient (Wildman–Crippen LogP) is 6.12. The molecular weight excluding hydrogens is 463 g/mol. The van der Waals surface area contributed by atoms with E-state index in [1.54, 1.807) is 0 Å². The third kappa shape index (κ3) is 6.17. The number of carboxylic acid groups (broad SMARTS) is 1. The molecule has 0 unspecified atom stereocenters. The van der Waals surface area contributed by atoms with Gasteiger partial charge < -0.3 is 5.11 Å². The molecule has 4 heteroatoms. The molecule has 0 aliphatic heterocycles. The van der Waals surface area contributed by atoms with Crippen LogP contribution in [0, 0.1) is 5.92 Å². The van der Waals surface area contributed by atoms with Crippen LogP contribution in [0.3, 0.4) is 0 Å². The molecule has 0 saturated carbocycles. The fraction of sp³-hybridized carbons (Fsp3) is 0.188. The van der Waals surface area contributed by atoms with Crippen molar-refractivity contribution in [1.29, 1.82) is 0 Å². The van der Waals surface area contributed by atoms with E-state index in [0.717, 1.165) is 12.6 Å². The quantitative estimate of drug-likeness (QED) is 0.190. The summed E-state index contributed by atoms with van der Waals surface area (Å²) in [5, 5.41) is 13.5. The fourth-order valence-corrected chi connectivity index (χ4v) is 9.42. The van der Waals surface area contributed by atoms with E-state index in [1.165, 1.54) is 15.9 Å². The molecule has 1 atom stereocenters. The summed E-state index contributed by atoms with van der Waals surface area (Å²) in [4.78, 5) is 24.5. The molecule has 0 amide bonds. The van der Waals surface area contributed by atoms with Gasteiger partial charge >= 0.3 is 5.97 Å². The van der Waals surface area contributed by atoms with Crippen LogP contribution >= 0.6 is 7.26 Å². The number of rotatable bonds is 12. The number of Topliss-reactive ketones (excluding diaryl/α,β-unsaturated/α-hetero) is 1. The predicted molar refractivity (Wildman–Crippen MR) is 150 cm³/mol. The molecule has 4 aromatic rings. The Labute approximate surface area is 214 Å². The van der Waals surface area contributed by atoms with E-state index in [9.17, 15) is 14.7 Å². The van der Waals surface area contributed by atoms with Crippen molar-refractivity contribution < 1.29 is 14.7 Å². The lowest BCUT2D eigenvalue weighted by Crippen LogP contribution is -2.34. The molecule has 0 heterocycles. The summed E-state index contributed by atoms with van der Waals surface area (Å²) in [6, 6.07) is 41.1. The number of hydrogen-bond acceptors (Lipinski definition) is 2. The zero-order valence-electron chi connectivity index (χ0n) is 20.4. The highest BCUT2D eigenvalue weighted by atomic mass is 31.2. The van der Waals surface area contributed by atoms with E-state index in [1.807, 2.05) is 48.5 Å². The molecule has 36 heavy (non-hydrogen) atoms. The van der Waals surface area contributed by atoms with Crippen molar-refractivity contribution in [2.75, 3.05) is 6.16 Å². The van der Waals surface area contributed by atoms with Crippen molar-refractivity contribution in [1.82, 2.24) is 0 Å². The number of ketones is 1. The first-order valence-electron chi connectivity index (χ1n) is 12.4. The van der Waals surface area contributed by atoms with Crippen LogP contribution < -0.4 is 15.9 Å². The van der Waals surface area contributed by atoms with Crippen molar-refractivity contribution in [3.8, 4) is 0 Å².